The number of nitrogens with zero attached hydrogens (tertiary/aromatic N) is 7. The van der Waals surface area contributed by atoms with Gasteiger partial charge < -0.3 is 20.3 Å². The van der Waals surface area contributed by atoms with E-state index in [9.17, 15) is 0 Å². The summed E-state index contributed by atoms with van der Waals surface area (Å²) in [5, 5.41) is 0. The minimum atomic E-state index is 0.274. The van der Waals surface area contributed by atoms with Crippen LogP contribution >= 0.6 is 0 Å². The van der Waals surface area contributed by atoms with Crippen molar-refractivity contribution in [3.8, 4) is 11.3 Å². The Morgan fingerprint density at radius 3 is 2.39 bits per heavy atom. The van der Waals surface area contributed by atoms with Crippen LogP contribution in [-0.4, -0.2) is 83.9 Å². The van der Waals surface area contributed by atoms with Gasteiger partial charge in [-0.05, 0) is 18.8 Å². The van der Waals surface area contributed by atoms with Crippen LogP contribution in [0.3, 0.4) is 0 Å². The van der Waals surface area contributed by atoms with Crippen molar-refractivity contribution >= 4 is 17.7 Å². The Morgan fingerprint density at radius 2 is 1.77 bits per heavy atom. The fraction of sp³-hybridized carbons (Fsp3) is 0.636. The third-order valence-electron chi connectivity index (χ3n) is 6.34. The molecule has 0 radical (unpaired) electrons. The zero-order valence-electron chi connectivity index (χ0n) is 18.9. The molecular formula is C22H34N8O. The van der Waals surface area contributed by atoms with E-state index < -0.39 is 0 Å². The molecule has 0 unspecified atom stereocenters. The topological polar surface area (TPSA) is 96.5 Å². The summed E-state index contributed by atoms with van der Waals surface area (Å²) in [5.41, 5.74) is 7.39. The van der Waals surface area contributed by atoms with Crippen LogP contribution in [0.1, 0.15) is 26.7 Å². The van der Waals surface area contributed by atoms with Crippen LogP contribution in [0, 0.1) is 5.92 Å². The van der Waals surface area contributed by atoms with E-state index in [4.69, 9.17) is 20.4 Å². The molecular weight excluding hydrogens is 392 g/mol. The van der Waals surface area contributed by atoms with Crippen molar-refractivity contribution in [3.63, 3.8) is 0 Å². The first-order chi connectivity index (χ1) is 15.2. The van der Waals surface area contributed by atoms with Crippen LogP contribution in [0.5, 0.6) is 0 Å². The average molecular weight is 427 g/mol. The molecule has 3 aliphatic heterocycles. The fourth-order valence-electron chi connectivity index (χ4n) is 4.53. The highest BCUT2D eigenvalue weighted by Gasteiger charge is 2.44. The van der Waals surface area contributed by atoms with E-state index in [0.29, 0.717) is 6.04 Å². The zero-order valence-corrected chi connectivity index (χ0v) is 18.9. The minimum absolute atomic E-state index is 0.274. The summed E-state index contributed by atoms with van der Waals surface area (Å²) >= 11 is 0. The van der Waals surface area contributed by atoms with Crippen LogP contribution in [0.2, 0.25) is 0 Å². The maximum absolute atomic E-state index is 5.67. The lowest BCUT2D eigenvalue weighted by Gasteiger charge is -2.35. The summed E-state index contributed by atoms with van der Waals surface area (Å²) in [6, 6.07) is 2.65. The number of nitrogens with two attached hydrogens (primary N) is 1. The van der Waals surface area contributed by atoms with Gasteiger partial charge >= 0.3 is 0 Å². The molecule has 5 heterocycles. The largest absolute Gasteiger partial charge is 0.383 e. The van der Waals surface area contributed by atoms with Crippen molar-refractivity contribution in [1.82, 2.24) is 24.8 Å². The Hall–Kier alpha value is -2.52. The number of rotatable bonds is 6. The Morgan fingerprint density at radius 1 is 1.06 bits per heavy atom. The van der Waals surface area contributed by atoms with Crippen LogP contribution in [-0.2, 0) is 4.74 Å². The molecule has 2 aromatic rings. The van der Waals surface area contributed by atoms with Crippen LogP contribution in [0.25, 0.3) is 11.3 Å². The SMILES string of the molecule is CC.COCCN1CCN(c2cc(-c3cnc(N)nc3)nc(N3CC4CC3C4)n2)CC1. The summed E-state index contributed by atoms with van der Waals surface area (Å²) in [5.74, 6) is 2.90. The minimum Gasteiger partial charge on any atom is -0.383 e. The summed E-state index contributed by atoms with van der Waals surface area (Å²) < 4.78 is 5.21. The highest BCUT2D eigenvalue weighted by Crippen LogP contribution is 2.42. The normalized spacial score (nSPS) is 22.7. The van der Waals surface area contributed by atoms with Gasteiger partial charge in [0, 0.05) is 76.4 Å². The van der Waals surface area contributed by atoms with Crippen molar-refractivity contribution in [2.45, 2.75) is 32.7 Å². The molecule has 6 rings (SSSR count). The average Bonchev–Trinajstić information content (AvgIpc) is 3.41. The molecule has 1 saturated carbocycles. The molecule has 9 heteroatoms. The van der Waals surface area contributed by atoms with Gasteiger partial charge in [-0.25, -0.2) is 15.0 Å². The first kappa shape index (κ1) is 21.7. The van der Waals surface area contributed by atoms with Gasteiger partial charge in [0.1, 0.15) is 5.82 Å². The molecule has 0 atom stereocenters. The van der Waals surface area contributed by atoms with E-state index in [2.05, 4.69) is 30.7 Å². The fourth-order valence-corrected chi connectivity index (χ4v) is 4.53. The van der Waals surface area contributed by atoms with Crippen molar-refractivity contribution in [3.05, 3.63) is 18.5 Å². The van der Waals surface area contributed by atoms with Crippen molar-refractivity contribution in [2.75, 3.05) is 68.5 Å². The Balaban J connectivity index is 0.00000112. The predicted molar refractivity (Wildman–Crippen MR) is 123 cm³/mol. The molecule has 2 N–H and O–H groups in total. The molecule has 0 spiro atoms. The predicted octanol–water partition coefficient (Wildman–Crippen LogP) is 1.91. The third-order valence-corrected chi connectivity index (χ3v) is 6.34. The summed E-state index contributed by atoms with van der Waals surface area (Å²) in [4.78, 5) is 25.3. The Kier molecular flexibility index (Phi) is 6.82. The lowest BCUT2D eigenvalue weighted by Crippen LogP contribution is -2.47. The number of methoxy groups -OCH3 is 1. The van der Waals surface area contributed by atoms with Gasteiger partial charge in [0.15, 0.2) is 0 Å². The van der Waals surface area contributed by atoms with Gasteiger partial charge in [-0.3, -0.25) is 4.90 Å². The maximum atomic E-state index is 5.67. The molecule has 3 saturated heterocycles. The van der Waals surface area contributed by atoms with Gasteiger partial charge in [-0.15, -0.1) is 0 Å². The molecule has 4 fully saturated rings. The molecule has 2 aromatic heterocycles. The number of piperazine rings is 1. The second-order valence-electron chi connectivity index (χ2n) is 8.21. The first-order valence-corrected chi connectivity index (χ1v) is 11.4. The van der Waals surface area contributed by atoms with Gasteiger partial charge in [-0.1, -0.05) is 13.8 Å². The van der Waals surface area contributed by atoms with E-state index in [1.165, 1.54) is 12.8 Å². The second-order valence-corrected chi connectivity index (χ2v) is 8.21. The molecule has 31 heavy (non-hydrogen) atoms. The highest BCUT2D eigenvalue weighted by molar-refractivity contribution is 5.64. The van der Waals surface area contributed by atoms with Crippen molar-refractivity contribution in [2.24, 2.45) is 5.92 Å². The summed E-state index contributed by atoms with van der Waals surface area (Å²) in [6.45, 7) is 10.7. The number of hydrogen-bond donors (Lipinski definition) is 1. The smallest absolute Gasteiger partial charge is 0.228 e. The van der Waals surface area contributed by atoms with Crippen LogP contribution in [0.4, 0.5) is 17.7 Å². The summed E-state index contributed by atoms with van der Waals surface area (Å²) in [7, 11) is 1.75. The van der Waals surface area contributed by atoms with E-state index in [-0.39, 0.29) is 5.95 Å². The van der Waals surface area contributed by atoms with Gasteiger partial charge in [0.25, 0.3) is 0 Å². The van der Waals surface area contributed by atoms with E-state index in [1.807, 2.05) is 13.8 Å². The monoisotopic (exact) mass is 426 g/mol. The summed E-state index contributed by atoms with van der Waals surface area (Å²) in [6.07, 6.45) is 6.02. The van der Waals surface area contributed by atoms with Crippen molar-refractivity contribution < 1.29 is 4.74 Å². The van der Waals surface area contributed by atoms with Crippen LogP contribution < -0.4 is 15.5 Å². The van der Waals surface area contributed by atoms with Crippen LogP contribution in [0.15, 0.2) is 18.5 Å². The van der Waals surface area contributed by atoms with Crippen molar-refractivity contribution in [1.29, 1.82) is 0 Å². The van der Waals surface area contributed by atoms with Gasteiger partial charge in [0.05, 0.1) is 12.3 Å². The third kappa shape index (κ3) is 4.72. The Labute approximate surface area is 184 Å². The second kappa shape index (κ2) is 9.74. The molecule has 0 aromatic carbocycles. The number of fused-ring (bicyclic) bond motifs is 1. The lowest BCUT2D eigenvalue weighted by atomic mass is 9.86. The Bertz CT molecular complexity index is 847. The van der Waals surface area contributed by atoms with Gasteiger partial charge in [0.2, 0.25) is 11.9 Å². The number of anilines is 3. The maximum Gasteiger partial charge on any atom is 0.228 e. The van der Waals surface area contributed by atoms with E-state index >= 15 is 0 Å². The number of hydrogen-bond acceptors (Lipinski definition) is 9. The standard InChI is InChI=1S/C20H28N8O.C2H6/c1-29-7-6-26-2-4-27(5-3-26)18-10-17(15-11-22-19(21)23-12-15)24-20(25-18)28-13-14-8-16(28)9-14;1-2/h10-12,14,16H,2-9,13H2,1H3,(H2,21,22,23);1-2H3. The number of ether oxygens (including phenoxy) is 1. The molecule has 4 aliphatic rings. The van der Waals surface area contributed by atoms with Gasteiger partial charge in [-0.2, -0.15) is 4.98 Å². The molecule has 2 bridgehead atoms. The molecule has 9 nitrogen and oxygen atoms in total. The quantitative estimate of drug-likeness (QED) is 0.743. The number of nitrogen functional groups attached to an aromatic ring is 1. The zero-order chi connectivity index (χ0) is 21.8. The first-order valence-electron chi connectivity index (χ1n) is 11.4. The highest BCUT2D eigenvalue weighted by atomic mass is 16.5. The molecule has 168 valence electrons. The lowest BCUT2D eigenvalue weighted by molar-refractivity contribution is 0.144. The number of aromatic nitrogens is 4. The molecule has 1 aliphatic carbocycles. The van der Waals surface area contributed by atoms with E-state index in [0.717, 1.165) is 74.8 Å². The van der Waals surface area contributed by atoms with E-state index in [1.54, 1.807) is 19.5 Å². The molecule has 0 amide bonds.